The van der Waals surface area contributed by atoms with Crippen LogP contribution in [-0.2, 0) is 11.3 Å². The molecule has 0 spiro atoms. The predicted molar refractivity (Wildman–Crippen MR) is 191 cm³/mol. The zero-order valence-electron chi connectivity index (χ0n) is 24.7. The van der Waals surface area contributed by atoms with Crippen molar-refractivity contribution in [3.63, 3.8) is 0 Å². The number of hydrogen-bond donors (Lipinski definition) is 0. The van der Waals surface area contributed by atoms with Crippen LogP contribution in [0.25, 0.3) is 0 Å². The van der Waals surface area contributed by atoms with E-state index in [0.29, 0.717) is 5.02 Å². The first-order valence-corrected chi connectivity index (χ1v) is 16.4. The summed E-state index contributed by atoms with van der Waals surface area (Å²) in [6.45, 7) is 0. The van der Waals surface area contributed by atoms with Gasteiger partial charge in [0.05, 0.1) is 27.7 Å². The van der Waals surface area contributed by atoms with Gasteiger partial charge in [-0.25, -0.2) is 20.0 Å². The lowest BCUT2D eigenvalue weighted by molar-refractivity contribution is 0.262. The lowest BCUT2D eigenvalue weighted by atomic mass is 9.86. The van der Waals surface area contributed by atoms with Crippen molar-refractivity contribution in [2.75, 3.05) is 0 Å². The van der Waals surface area contributed by atoms with Gasteiger partial charge in [-0.15, -0.1) is 11.3 Å². The minimum Gasteiger partial charge on any atom is -0.243 e. The molecule has 0 N–H and O–H groups in total. The van der Waals surface area contributed by atoms with E-state index in [1.165, 1.54) is 0 Å². The summed E-state index contributed by atoms with van der Waals surface area (Å²) in [7, 11) is 0. The van der Waals surface area contributed by atoms with Crippen molar-refractivity contribution < 1.29 is 0 Å². The summed E-state index contributed by atoms with van der Waals surface area (Å²) in [4.78, 5) is 23.6. The SMILES string of the molecule is Clc1ccccc1C1(C2(c3cccs3)N=C(c3ccccc3)C(c3ccccc3)=N2)N=C(c2ccccc2)C(c2ccccc2)=N1. The topological polar surface area (TPSA) is 49.4 Å². The highest BCUT2D eigenvalue weighted by Crippen LogP contribution is 2.56. The van der Waals surface area contributed by atoms with E-state index in [1.807, 2.05) is 103 Å². The predicted octanol–water partition coefficient (Wildman–Crippen LogP) is 9.39. The molecule has 4 nitrogen and oxygen atoms in total. The fourth-order valence-electron chi connectivity index (χ4n) is 6.22. The van der Waals surface area contributed by atoms with Crippen molar-refractivity contribution in [1.29, 1.82) is 0 Å². The summed E-state index contributed by atoms with van der Waals surface area (Å²) in [5, 5.41) is 2.61. The summed E-state index contributed by atoms with van der Waals surface area (Å²) in [5.41, 5.74) is 5.00. The number of nitrogens with zero attached hydrogens (tertiary/aromatic N) is 4. The Morgan fingerprint density at radius 3 is 1.13 bits per heavy atom. The third-order valence-corrected chi connectivity index (χ3v) is 9.63. The van der Waals surface area contributed by atoms with E-state index in [1.54, 1.807) is 11.3 Å². The quantitative estimate of drug-likeness (QED) is 0.169. The lowest BCUT2D eigenvalue weighted by Gasteiger charge is -2.37. The summed E-state index contributed by atoms with van der Waals surface area (Å²) in [6, 6.07) is 52.8. The molecule has 0 bridgehead atoms. The molecule has 220 valence electrons. The average molecular weight is 631 g/mol. The Kier molecular flexibility index (Phi) is 7.13. The fraction of sp³-hybridized carbons (Fsp3) is 0.0500. The van der Waals surface area contributed by atoms with Crippen LogP contribution in [0.4, 0.5) is 0 Å². The Hall–Kier alpha value is -5.23. The maximum atomic E-state index is 7.16. The Morgan fingerprint density at radius 2 is 0.761 bits per heavy atom. The normalized spacial score (nSPS) is 16.4. The Labute approximate surface area is 276 Å². The molecule has 2 aliphatic rings. The van der Waals surface area contributed by atoms with Crippen LogP contribution in [0.5, 0.6) is 0 Å². The molecule has 6 aromatic rings. The van der Waals surface area contributed by atoms with Gasteiger partial charge in [0, 0.05) is 32.8 Å². The second-order valence-electron chi connectivity index (χ2n) is 11.1. The number of halogens is 1. The van der Waals surface area contributed by atoms with E-state index in [-0.39, 0.29) is 0 Å². The van der Waals surface area contributed by atoms with E-state index in [9.17, 15) is 0 Å². The lowest BCUT2D eigenvalue weighted by Crippen LogP contribution is -2.42. The van der Waals surface area contributed by atoms with Gasteiger partial charge in [-0.2, -0.15) is 0 Å². The molecular formula is C40H27ClN4S. The van der Waals surface area contributed by atoms with Crippen molar-refractivity contribution in [2.24, 2.45) is 20.0 Å². The first-order chi connectivity index (χ1) is 22.7. The molecule has 0 saturated heterocycles. The molecular weight excluding hydrogens is 604 g/mol. The smallest absolute Gasteiger partial charge is 0.235 e. The standard InChI is InChI=1S/C40H27ClN4S/c41-33-25-14-13-24-32(33)39(42-35(28-16-5-1-6-17-28)36(43-39)29-18-7-2-8-19-29)40(34-26-15-27-46-34)44-37(30-20-9-3-10-21-30)38(45-40)31-22-11-4-12-23-31/h1-27H. The van der Waals surface area contributed by atoms with Gasteiger partial charge in [0.15, 0.2) is 0 Å². The first-order valence-electron chi connectivity index (χ1n) is 15.1. The van der Waals surface area contributed by atoms with Crippen LogP contribution in [-0.4, -0.2) is 22.8 Å². The highest BCUT2D eigenvalue weighted by Gasteiger charge is 2.61. The van der Waals surface area contributed by atoms with Gasteiger partial charge in [0.25, 0.3) is 0 Å². The zero-order valence-corrected chi connectivity index (χ0v) is 26.2. The van der Waals surface area contributed by atoms with Gasteiger partial charge >= 0.3 is 0 Å². The van der Waals surface area contributed by atoms with Gasteiger partial charge in [0.2, 0.25) is 11.3 Å². The molecule has 0 fully saturated rings. The maximum Gasteiger partial charge on any atom is 0.235 e. The molecule has 2 aliphatic heterocycles. The van der Waals surface area contributed by atoms with Crippen LogP contribution in [0.2, 0.25) is 5.02 Å². The van der Waals surface area contributed by atoms with Gasteiger partial charge in [-0.05, 0) is 17.5 Å². The minimum absolute atomic E-state index is 0.549. The number of hydrogen-bond acceptors (Lipinski definition) is 5. The molecule has 0 aliphatic carbocycles. The van der Waals surface area contributed by atoms with Crippen LogP contribution in [0.15, 0.2) is 183 Å². The highest BCUT2D eigenvalue weighted by molar-refractivity contribution is 7.10. The van der Waals surface area contributed by atoms with Gasteiger partial charge in [-0.3, -0.25) is 0 Å². The van der Waals surface area contributed by atoms with Gasteiger partial charge in [-0.1, -0.05) is 157 Å². The molecule has 6 heteroatoms. The second kappa shape index (κ2) is 11.6. The average Bonchev–Trinajstić information content (AvgIpc) is 3.90. The number of aliphatic imine (C=N–C) groups is 4. The van der Waals surface area contributed by atoms with E-state index in [4.69, 9.17) is 31.6 Å². The van der Waals surface area contributed by atoms with E-state index < -0.39 is 11.3 Å². The van der Waals surface area contributed by atoms with Crippen LogP contribution in [0, 0.1) is 0 Å². The Balaban J connectivity index is 1.53. The van der Waals surface area contributed by atoms with Crippen molar-refractivity contribution >= 4 is 45.8 Å². The highest BCUT2D eigenvalue weighted by atomic mass is 35.5. The number of thiophene rings is 1. The summed E-state index contributed by atoms with van der Waals surface area (Å²) < 4.78 is 0. The molecule has 46 heavy (non-hydrogen) atoms. The zero-order chi connectivity index (χ0) is 31.0. The molecule has 0 unspecified atom stereocenters. The molecule has 0 amide bonds. The number of benzene rings is 5. The second-order valence-corrected chi connectivity index (χ2v) is 12.5. The van der Waals surface area contributed by atoms with Crippen molar-refractivity contribution in [3.05, 3.63) is 201 Å². The van der Waals surface area contributed by atoms with E-state index in [2.05, 4.69) is 60.0 Å². The summed E-state index contributed by atoms with van der Waals surface area (Å²) in [5.74, 6) is 0. The largest absolute Gasteiger partial charge is 0.243 e. The van der Waals surface area contributed by atoms with Gasteiger partial charge in [0.1, 0.15) is 0 Å². The van der Waals surface area contributed by atoms with Crippen LogP contribution in [0.1, 0.15) is 32.7 Å². The van der Waals surface area contributed by atoms with E-state index >= 15 is 0 Å². The maximum absolute atomic E-state index is 7.16. The van der Waals surface area contributed by atoms with Crippen molar-refractivity contribution in [2.45, 2.75) is 11.3 Å². The van der Waals surface area contributed by atoms with Crippen LogP contribution >= 0.6 is 22.9 Å². The van der Waals surface area contributed by atoms with Crippen molar-refractivity contribution in [3.8, 4) is 0 Å². The van der Waals surface area contributed by atoms with Crippen LogP contribution < -0.4 is 0 Å². The molecule has 8 rings (SSSR count). The monoisotopic (exact) mass is 630 g/mol. The molecule has 0 saturated carbocycles. The summed E-state index contributed by atoms with van der Waals surface area (Å²) >= 11 is 8.76. The molecule has 0 radical (unpaired) electrons. The molecule has 5 aromatic carbocycles. The molecule has 3 heterocycles. The minimum atomic E-state index is -1.37. The van der Waals surface area contributed by atoms with Crippen LogP contribution in [0.3, 0.4) is 0 Å². The van der Waals surface area contributed by atoms with E-state index in [0.717, 1.165) is 55.5 Å². The third kappa shape index (κ3) is 4.59. The van der Waals surface area contributed by atoms with Gasteiger partial charge < -0.3 is 0 Å². The molecule has 0 atom stereocenters. The summed E-state index contributed by atoms with van der Waals surface area (Å²) in [6.07, 6.45) is 0. The third-order valence-electron chi connectivity index (χ3n) is 8.33. The Bertz CT molecular complexity index is 2030. The first kappa shape index (κ1) is 28.3. The fourth-order valence-corrected chi connectivity index (χ4v) is 7.35. The Morgan fingerprint density at radius 1 is 0.391 bits per heavy atom. The number of rotatable bonds is 7. The molecule has 1 aromatic heterocycles. The van der Waals surface area contributed by atoms with Crippen molar-refractivity contribution in [1.82, 2.24) is 0 Å².